The molecule has 1 fully saturated rings. The van der Waals surface area contributed by atoms with Crippen molar-refractivity contribution in [3.05, 3.63) is 36.4 Å². The monoisotopic (exact) mass is 305 g/mol. The van der Waals surface area contributed by atoms with Crippen molar-refractivity contribution in [1.82, 2.24) is 0 Å². The first-order chi connectivity index (χ1) is 10.5. The Morgan fingerprint density at radius 3 is 2.64 bits per heavy atom. The van der Waals surface area contributed by atoms with Gasteiger partial charge >= 0.3 is 5.97 Å². The lowest BCUT2D eigenvalue weighted by Crippen LogP contribution is -2.40. The van der Waals surface area contributed by atoms with Crippen molar-refractivity contribution in [2.45, 2.75) is 19.3 Å². The van der Waals surface area contributed by atoms with Gasteiger partial charge in [-0.05, 0) is 37.5 Å². The molecule has 1 aliphatic heterocycles. The fourth-order valence-corrected chi connectivity index (χ4v) is 2.61. The number of hydrogen-bond donors (Lipinski definition) is 3. The van der Waals surface area contributed by atoms with E-state index in [9.17, 15) is 14.7 Å². The summed E-state index contributed by atoms with van der Waals surface area (Å²) in [7, 11) is 0. The van der Waals surface area contributed by atoms with Crippen LogP contribution >= 0.6 is 0 Å². The molecule has 1 heterocycles. The number of allylic oxidation sites excluding steroid dienone is 1. The summed E-state index contributed by atoms with van der Waals surface area (Å²) in [4.78, 5) is 23.6. The summed E-state index contributed by atoms with van der Waals surface area (Å²) in [6.07, 6.45) is 3.43. The molecule has 2 rings (SSSR count). The summed E-state index contributed by atoms with van der Waals surface area (Å²) in [5.41, 5.74) is -0.487. The Kier molecular flexibility index (Phi) is 4.82. The van der Waals surface area contributed by atoms with Crippen LogP contribution in [0.3, 0.4) is 0 Å². The van der Waals surface area contributed by atoms with Crippen molar-refractivity contribution in [3.63, 3.8) is 0 Å². The van der Waals surface area contributed by atoms with E-state index in [1.807, 2.05) is 0 Å². The third-order valence-corrected chi connectivity index (χ3v) is 3.95. The van der Waals surface area contributed by atoms with Gasteiger partial charge < -0.3 is 20.3 Å². The molecular formula is C16H19NO5. The second kappa shape index (κ2) is 6.62. The first-order valence-corrected chi connectivity index (χ1v) is 7.05. The number of amides is 1. The van der Waals surface area contributed by atoms with Crippen LogP contribution in [0.25, 0.3) is 0 Å². The summed E-state index contributed by atoms with van der Waals surface area (Å²) in [6.45, 7) is 4.73. The SMILES string of the molecule is C=CCC1(C(=O)Nc2ccc(O)c(C(=O)O)c2)CCOCC1. The molecular weight excluding hydrogens is 286 g/mol. The average Bonchev–Trinajstić information content (AvgIpc) is 2.50. The largest absolute Gasteiger partial charge is 0.507 e. The number of anilines is 1. The van der Waals surface area contributed by atoms with Crippen molar-refractivity contribution in [3.8, 4) is 5.75 Å². The second-order valence-electron chi connectivity index (χ2n) is 5.38. The van der Waals surface area contributed by atoms with Crippen LogP contribution in [0.1, 0.15) is 29.6 Å². The fraction of sp³-hybridized carbons (Fsp3) is 0.375. The zero-order valence-corrected chi connectivity index (χ0v) is 12.2. The molecule has 0 spiro atoms. The molecule has 1 amide bonds. The van der Waals surface area contributed by atoms with E-state index in [0.717, 1.165) is 0 Å². The Morgan fingerprint density at radius 2 is 2.05 bits per heavy atom. The zero-order valence-electron chi connectivity index (χ0n) is 12.2. The van der Waals surface area contributed by atoms with Crippen LogP contribution in [-0.4, -0.2) is 35.3 Å². The Morgan fingerprint density at radius 1 is 1.36 bits per heavy atom. The van der Waals surface area contributed by atoms with Crippen LogP contribution in [0.5, 0.6) is 5.75 Å². The van der Waals surface area contributed by atoms with Crippen LogP contribution in [0.4, 0.5) is 5.69 Å². The van der Waals surface area contributed by atoms with Crippen LogP contribution in [0.2, 0.25) is 0 Å². The van der Waals surface area contributed by atoms with E-state index >= 15 is 0 Å². The number of aromatic carboxylic acids is 1. The van der Waals surface area contributed by atoms with Crippen molar-refractivity contribution >= 4 is 17.6 Å². The summed E-state index contributed by atoms with van der Waals surface area (Å²) in [5.74, 6) is -1.77. The maximum Gasteiger partial charge on any atom is 0.339 e. The molecule has 1 aromatic carbocycles. The molecule has 1 saturated heterocycles. The van der Waals surface area contributed by atoms with Gasteiger partial charge in [0.2, 0.25) is 5.91 Å². The normalized spacial score (nSPS) is 16.7. The third-order valence-electron chi connectivity index (χ3n) is 3.95. The molecule has 3 N–H and O–H groups in total. The van der Waals surface area contributed by atoms with Gasteiger partial charge in [0.05, 0.1) is 5.41 Å². The highest BCUT2D eigenvalue weighted by atomic mass is 16.5. The topological polar surface area (TPSA) is 95.9 Å². The van der Waals surface area contributed by atoms with E-state index in [2.05, 4.69) is 11.9 Å². The number of rotatable bonds is 5. The number of carboxylic acid groups (broad SMARTS) is 1. The minimum atomic E-state index is -1.25. The van der Waals surface area contributed by atoms with Gasteiger partial charge in [-0.2, -0.15) is 0 Å². The molecule has 22 heavy (non-hydrogen) atoms. The predicted molar refractivity (Wildman–Crippen MR) is 81.0 cm³/mol. The van der Waals surface area contributed by atoms with E-state index in [1.54, 1.807) is 6.08 Å². The maximum absolute atomic E-state index is 12.6. The summed E-state index contributed by atoms with van der Waals surface area (Å²) in [6, 6.07) is 3.97. The third kappa shape index (κ3) is 3.28. The van der Waals surface area contributed by atoms with E-state index in [0.29, 0.717) is 38.2 Å². The smallest absolute Gasteiger partial charge is 0.339 e. The van der Waals surface area contributed by atoms with Crippen molar-refractivity contribution in [2.24, 2.45) is 5.41 Å². The van der Waals surface area contributed by atoms with E-state index in [4.69, 9.17) is 9.84 Å². The molecule has 0 saturated carbocycles. The summed E-state index contributed by atoms with van der Waals surface area (Å²) >= 11 is 0. The number of phenols is 1. The van der Waals surface area contributed by atoms with Gasteiger partial charge in [0, 0.05) is 18.9 Å². The maximum atomic E-state index is 12.6. The quantitative estimate of drug-likeness (QED) is 0.573. The predicted octanol–water partition coefficient (Wildman–Crippen LogP) is 2.40. The number of hydrogen-bond acceptors (Lipinski definition) is 4. The van der Waals surface area contributed by atoms with Crippen molar-refractivity contribution in [1.29, 1.82) is 0 Å². The highest BCUT2D eigenvalue weighted by molar-refractivity contribution is 5.98. The summed E-state index contributed by atoms with van der Waals surface area (Å²) in [5, 5.41) is 21.2. The first-order valence-electron chi connectivity index (χ1n) is 7.05. The molecule has 0 aromatic heterocycles. The van der Waals surface area contributed by atoms with Gasteiger partial charge in [0.25, 0.3) is 0 Å². The van der Waals surface area contributed by atoms with Crippen molar-refractivity contribution < 1.29 is 24.5 Å². The Balaban J connectivity index is 2.21. The number of nitrogens with one attached hydrogen (secondary N) is 1. The lowest BCUT2D eigenvalue weighted by molar-refractivity contribution is -0.130. The number of aromatic hydroxyl groups is 1. The Hall–Kier alpha value is -2.34. The van der Waals surface area contributed by atoms with Gasteiger partial charge in [0.1, 0.15) is 11.3 Å². The number of carbonyl (C=O) groups is 2. The van der Waals surface area contributed by atoms with Crippen LogP contribution < -0.4 is 5.32 Å². The van der Waals surface area contributed by atoms with E-state index < -0.39 is 11.4 Å². The van der Waals surface area contributed by atoms with Crippen molar-refractivity contribution in [2.75, 3.05) is 18.5 Å². The molecule has 6 heteroatoms. The second-order valence-corrected chi connectivity index (χ2v) is 5.38. The molecule has 118 valence electrons. The highest BCUT2D eigenvalue weighted by Gasteiger charge is 2.38. The molecule has 6 nitrogen and oxygen atoms in total. The highest BCUT2D eigenvalue weighted by Crippen LogP contribution is 2.36. The first kappa shape index (κ1) is 16.0. The Labute approximate surface area is 128 Å². The van der Waals surface area contributed by atoms with Crippen LogP contribution in [0, 0.1) is 5.41 Å². The zero-order chi connectivity index (χ0) is 16.2. The molecule has 1 aromatic rings. The average molecular weight is 305 g/mol. The summed E-state index contributed by atoms with van der Waals surface area (Å²) < 4.78 is 5.31. The number of ether oxygens (including phenoxy) is 1. The van der Waals surface area contributed by atoms with Gasteiger partial charge in [-0.15, -0.1) is 6.58 Å². The minimum Gasteiger partial charge on any atom is -0.507 e. The lowest BCUT2D eigenvalue weighted by atomic mass is 9.76. The van der Waals surface area contributed by atoms with Gasteiger partial charge in [-0.1, -0.05) is 6.08 Å². The number of carboxylic acids is 1. The van der Waals surface area contributed by atoms with Gasteiger partial charge in [-0.25, -0.2) is 4.79 Å². The minimum absolute atomic E-state index is 0.183. The fourth-order valence-electron chi connectivity index (χ4n) is 2.61. The molecule has 0 bridgehead atoms. The van der Waals surface area contributed by atoms with E-state index in [1.165, 1.54) is 18.2 Å². The lowest BCUT2D eigenvalue weighted by Gasteiger charge is -2.35. The molecule has 0 aliphatic carbocycles. The molecule has 0 atom stereocenters. The number of benzene rings is 1. The Bertz CT molecular complexity index is 590. The van der Waals surface area contributed by atoms with Crippen LogP contribution in [-0.2, 0) is 9.53 Å². The molecule has 1 aliphatic rings. The van der Waals surface area contributed by atoms with Gasteiger partial charge in [-0.3, -0.25) is 4.79 Å². The molecule has 0 radical (unpaired) electrons. The standard InChI is InChI=1S/C16H19NO5/c1-2-5-16(6-8-22-9-7-16)15(21)17-11-3-4-13(18)12(10-11)14(19)20/h2-4,10,18H,1,5-9H2,(H,17,21)(H,19,20). The number of carbonyl (C=O) groups excluding carboxylic acids is 1. The van der Waals surface area contributed by atoms with Gasteiger partial charge in [0.15, 0.2) is 0 Å². The molecule has 0 unspecified atom stereocenters. The van der Waals surface area contributed by atoms with E-state index in [-0.39, 0.29) is 17.2 Å². The van der Waals surface area contributed by atoms with Crippen LogP contribution in [0.15, 0.2) is 30.9 Å².